The van der Waals surface area contributed by atoms with Crippen molar-refractivity contribution in [3.63, 3.8) is 0 Å². The summed E-state index contributed by atoms with van der Waals surface area (Å²) in [5.74, 6) is 1.18. The predicted molar refractivity (Wildman–Crippen MR) is 112 cm³/mol. The zero-order valence-corrected chi connectivity index (χ0v) is 17.6. The highest BCUT2D eigenvalue weighted by atomic mass is 16.5. The van der Waals surface area contributed by atoms with Gasteiger partial charge in [0, 0.05) is 38.1 Å². The third-order valence-electron chi connectivity index (χ3n) is 7.01. The SMILES string of the molecule is COc1ccc(CN2CCC[C@@]3(CCC(=O)N3CC(=O)N3CCCC3)CC2)cc1. The first kappa shape index (κ1) is 20.2. The van der Waals surface area contributed by atoms with Crippen molar-refractivity contribution in [3.05, 3.63) is 29.8 Å². The van der Waals surface area contributed by atoms with Crippen LogP contribution in [-0.4, -0.2) is 71.9 Å². The molecular formula is C23H33N3O3. The second-order valence-electron chi connectivity index (χ2n) is 8.77. The predicted octanol–water partition coefficient (Wildman–Crippen LogP) is 2.66. The van der Waals surface area contributed by atoms with Crippen molar-refractivity contribution in [2.45, 2.75) is 57.0 Å². The minimum absolute atomic E-state index is 0.124. The van der Waals surface area contributed by atoms with Gasteiger partial charge in [0.05, 0.1) is 7.11 Å². The van der Waals surface area contributed by atoms with Gasteiger partial charge in [-0.05, 0) is 62.8 Å². The number of methoxy groups -OCH3 is 1. The standard InChI is InChI=1S/C23H33N3O3/c1-29-20-7-5-19(6-8-20)17-24-13-4-10-23(12-16-24)11-9-21(27)26(23)18-22(28)25-14-2-3-15-25/h5-8H,2-4,9-18H2,1H3/t23-/m1/s1. The summed E-state index contributed by atoms with van der Waals surface area (Å²) >= 11 is 0. The Hall–Kier alpha value is -2.08. The molecule has 0 bridgehead atoms. The van der Waals surface area contributed by atoms with E-state index in [1.54, 1.807) is 7.11 Å². The average molecular weight is 400 g/mol. The van der Waals surface area contributed by atoms with Crippen molar-refractivity contribution in [3.8, 4) is 5.75 Å². The Morgan fingerprint density at radius 3 is 2.48 bits per heavy atom. The third-order valence-corrected chi connectivity index (χ3v) is 7.01. The molecule has 3 aliphatic rings. The number of amides is 2. The Morgan fingerprint density at radius 2 is 1.76 bits per heavy atom. The van der Waals surface area contributed by atoms with E-state index in [0.717, 1.165) is 77.0 Å². The fourth-order valence-electron chi connectivity index (χ4n) is 5.23. The molecule has 0 aliphatic carbocycles. The lowest BCUT2D eigenvalue weighted by Gasteiger charge is -2.38. The van der Waals surface area contributed by atoms with Gasteiger partial charge in [0.15, 0.2) is 0 Å². The molecule has 1 atom stereocenters. The number of nitrogens with zero attached hydrogens (tertiary/aromatic N) is 3. The van der Waals surface area contributed by atoms with Gasteiger partial charge in [-0.3, -0.25) is 14.5 Å². The van der Waals surface area contributed by atoms with Gasteiger partial charge >= 0.3 is 0 Å². The van der Waals surface area contributed by atoms with Crippen LogP contribution in [0.2, 0.25) is 0 Å². The number of carbonyl (C=O) groups is 2. The monoisotopic (exact) mass is 399 g/mol. The molecule has 1 spiro atoms. The zero-order valence-electron chi connectivity index (χ0n) is 17.6. The Labute approximate surface area is 173 Å². The Kier molecular flexibility index (Phi) is 6.09. The van der Waals surface area contributed by atoms with Gasteiger partial charge < -0.3 is 14.5 Å². The largest absolute Gasteiger partial charge is 0.497 e. The second-order valence-corrected chi connectivity index (χ2v) is 8.77. The van der Waals surface area contributed by atoms with Crippen LogP contribution in [0, 0.1) is 0 Å². The maximum Gasteiger partial charge on any atom is 0.242 e. The third kappa shape index (κ3) is 4.42. The normalized spacial score (nSPS) is 25.6. The molecule has 29 heavy (non-hydrogen) atoms. The van der Waals surface area contributed by atoms with Crippen LogP contribution in [0.3, 0.4) is 0 Å². The zero-order chi connectivity index (χ0) is 20.3. The number of benzene rings is 1. The summed E-state index contributed by atoms with van der Waals surface area (Å²) in [7, 11) is 1.69. The first-order valence-electron chi connectivity index (χ1n) is 11.0. The maximum atomic E-state index is 12.7. The van der Waals surface area contributed by atoms with E-state index in [9.17, 15) is 9.59 Å². The number of ether oxygens (including phenoxy) is 1. The topological polar surface area (TPSA) is 53.1 Å². The lowest BCUT2D eigenvalue weighted by Crippen LogP contribution is -2.51. The van der Waals surface area contributed by atoms with Crippen LogP contribution in [0.15, 0.2) is 24.3 Å². The average Bonchev–Trinajstić information content (AvgIpc) is 3.32. The van der Waals surface area contributed by atoms with Crippen LogP contribution in [0.25, 0.3) is 0 Å². The second kappa shape index (κ2) is 8.74. The van der Waals surface area contributed by atoms with Crippen molar-refractivity contribution >= 4 is 11.8 Å². The highest BCUT2D eigenvalue weighted by Crippen LogP contribution is 2.39. The van der Waals surface area contributed by atoms with Crippen LogP contribution in [0.5, 0.6) is 5.75 Å². The molecule has 0 unspecified atom stereocenters. The van der Waals surface area contributed by atoms with E-state index >= 15 is 0 Å². The summed E-state index contributed by atoms with van der Waals surface area (Å²) < 4.78 is 5.25. The molecule has 0 radical (unpaired) electrons. The molecule has 1 aromatic rings. The van der Waals surface area contributed by atoms with Crippen molar-refractivity contribution in [2.24, 2.45) is 0 Å². The molecule has 3 saturated heterocycles. The first-order chi connectivity index (χ1) is 14.1. The summed E-state index contributed by atoms with van der Waals surface area (Å²) in [4.78, 5) is 31.8. The molecule has 0 aromatic heterocycles. The Bertz CT molecular complexity index is 729. The maximum absolute atomic E-state index is 12.7. The van der Waals surface area contributed by atoms with Gasteiger partial charge in [-0.2, -0.15) is 0 Å². The van der Waals surface area contributed by atoms with E-state index in [1.165, 1.54) is 5.56 Å². The fourth-order valence-corrected chi connectivity index (χ4v) is 5.23. The molecule has 0 saturated carbocycles. The van der Waals surface area contributed by atoms with Crippen LogP contribution in [0.4, 0.5) is 0 Å². The summed E-state index contributed by atoms with van der Waals surface area (Å²) in [5.41, 5.74) is 1.16. The summed E-state index contributed by atoms with van der Waals surface area (Å²) in [6.45, 7) is 4.90. The highest BCUT2D eigenvalue weighted by molar-refractivity contribution is 5.87. The molecule has 3 aliphatic heterocycles. The lowest BCUT2D eigenvalue weighted by atomic mass is 9.87. The van der Waals surface area contributed by atoms with Crippen molar-refractivity contribution in [1.82, 2.24) is 14.7 Å². The molecule has 3 heterocycles. The number of rotatable bonds is 5. The van der Waals surface area contributed by atoms with Crippen LogP contribution in [0.1, 0.15) is 50.5 Å². The smallest absolute Gasteiger partial charge is 0.242 e. The first-order valence-corrected chi connectivity index (χ1v) is 11.0. The lowest BCUT2D eigenvalue weighted by molar-refractivity contribution is -0.141. The number of hydrogen-bond donors (Lipinski definition) is 0. The summed E-state index contributed by atoms with van der Waals surface area (Å²) in [6.07, 6.45) is 6.70. The minimum Gasteiger partial charge on any atom is -0.497 e. The molecule has 0 N–H and O–H groups in total. The van der Waals surface area contributed by atoms with Gasteiger partial charge in [-0.15, -0.1) is 0 Å². The van der Waals surface area contributed by atoms with Gasteiger partial charge in [0.25, 0.3) is 0 Å². The van der Waals surface area contributed by atoms with E-state index in [2.05, 4.69) is 17.0 Å². The van der Waals surface area contributed by atoms with Gasteiger partial charge in [-0.1, -0.05) is 12.1 Å². The van der Waals surface area contributed by atoms with Gasteiger partial charge in [0.1, 0.15) is 12.3 Å². The molecule has 6 nitrogen and oxygen atoms in total. The summed E-state index contributed by atoms with van der Waals surface area (Å²) in [5, 5.41) is 0. The number of carbonyl (C=O) groups excluding carboxylic acids is 2. The number of likely N-dealkylation sites (tertiary alicyclic amines) is 3. The van der Waals surface area contributed by atoms with E-state index in [0.29, 0.717) is 6.42 Å². The van der Waals surface area contributed by atoms with Crippen LogP contribution < -0.4 is 4.74 Å². The minimum atomic E-state index is -0.124. The van der Waals surface area contributed by atoms with E-state index in [4.69, 9.17) is 4.74 Å². The van der Waals surface area contributed by atoms with Crippen molar-refractivity contribution in [1.29, 1.82) is 0 Å². The van der Waals surface area contributed by atoms with E-state index in [1.807, 2.05) is 21.9 Å². The molecule has 4 rings (SSSR count). The van der Waals surface area contributed by atoms with Crippen LogP contribution >= 0.6 is 0 Å². The molecule has 6 heteroatoms. The van der Waals surface area contributed by atoms with Gasteiger partial charge in [0.2, 0.25) is 11.8 Å². The molecule has 158 valence electrons. The summed E-state index contributed by atoms with van der Waals surface area (Å²) in [6, 6.07) is 8.27. The van der Waals surface area contributed by atoms with Gasteiger partial charge in [-0.25, -0.2) is 0 Å². The molecule has 3 fully saturated rings. The van der Waals surface area contributed by atoms with Crippen LogP contribution in [-0.2, 0) is 16.1 Å². The highest BCUT2D eigenvalue weighted by Gasteiger charge is 2.46. The fraction of sp³-hybridized carbons (Fsp3) is 0.652. The van der Waals surface area contributed by atoms with Crippen molar-refractivity contribution in [2.75, 3.05) is 39.8 Å². The van der Waals surface area contributed by atoms with E-state index < -0.39 is 0 Å². The molecular weight excluding hydrogens is 366 g/mol. The molecule has 2 amide bonds. The Morgan fingerprint density at radius 1 is 1.00 bits per heavy atom. The number of hydrogen-bond acceptors (Lipinski definition) is 4. The van der Waals surface area contributed by atoms with Crippen molar-refractivity contribution < 1.29 is 14.3 Å². The Balaban J connectivity index is 1.39. The quantitative estimate of drug-likeness (QED) is 0.764. The van der Waals surface area contributed by atoms with E-state index in [-0.39, 0.29) is 23.9 Å². The molecule has 1 aromatic carbocycles.